The summed E-state index contributed by atoms with van der Waals surface area (Å²) in [5, 5.41) is 7.75. The Morgan fingerprint density at radius 2 is 0.891 bits per heavy atom. The van der Waals surface area contributed by atoms with E-state index in [-0.39, 0.29) is 0 Å². The molecule has 0 N–H and O–H groups in total. The molecule has 9 aromatic carbocycles. The van der Waals surface area contributed by atoms with E-state index in [0.717, 1.165) is 11.4 Å². The summed E-state index contributed by atoms with van der Waals surface area (Å²) in [6.07, 6.45) is 0. The minimum absolute atomic E-state index is 1.12. The lowest BCUT2D eigenvalue weighted by Crippen LogP contribution is -2.10. The van der Waals surface area contributed by atoms with Crippen molar-refractivity contribution in [1.82, 2.24) is 0 Å². The summed E-state index contributed by atoms with van der Waals surface area (Å²) < 4.78 is 5.26. The molecule has 0 amide bonds. The zero-order valence-electron chi connectivity index (χ0n) is 29.8. The highest BCUT2D eigenvalue weighted by Gasteiger charge is 2.19. The molecule has 0 saturated carbocycles. The molecule has 0 aliphatic rings. The second-order valence-electron chi connectivity index (χ2n) is 14.1. The molecule has 0 fully saturated rings. The van der Waals surface area contributed by atoms with Gasteiger partial charge in [0, 0.05) is 51.7 Å². The second kappa shape index (κ2) is 13.1. The summed E-state index contributed by atoms with van der Waals surface area (Å²) in [5.74, 6) is 0. The molecule has 55 heavy (non-hydrogen) atoms. The predicted octanol–water partition coefficient (Wildman–Crippen LogP) is 16.0. The Morgan fingerprint density at radius 1 is 0.327 bits per heavy atom. The van der Waals surface area contributed by atoms with Crippen molar-refractivity contribution in [2.24, 2.45) is 0 Å². The van der Waals surface area contributed by atoms with Gasteiger partial charge in [-0.15, -0.1) is 22.7 Å². The third kappa shape index (κ3) is 5.43. The minimum atomic E-state index is 1.12. The molecule has 2 aromatic heterocycles. The third-order valence-electron chi connectivity index (χ3n) is 10.9. The van der Waals surface area contributed by atoms with E-state index in [2.05, 4.69) is 205 Å². The standard InChI is InChI=1S/C52H33NS2/c1-2-15-41-35(11-1)12-8-18-42(41)38-14-7-13-37(33-38)34-25-29-39(30-26-34)53(47-21-10-24-50-51(47)46-17-4-6-23-49(46)54-50)40-31-27-36(28-32-40)43-19-9-20-45-44-16-3-5-22-48(44)55-52(43)45/h1-33H. The molecular formula is C52H33NS2. The van der Waals surface area contributed by atoms with Gasteiger partial charge in [-0.2, -0.15) is 0 Å². The highest BCUT2D eigenvalue weighted by atomic mass is 32.1. The zero-order chi connectivity index (χ0) is 36.3. The lowest BCUT2D eigenvalue weighted by atomic mass is 9.95. The number of fused-ring (bicyclic) bond motifs is 7. The second-order valence-corrected chi connectivity index (χ2v) is 16.2. The van der Waals surface area contributed by atoms with Crippen molar-refractivity contribution < 1.29 is 0 Å². The van der Waals surface area contributed by atoms with E-state index in [0.29, 0.717) is 0 Å². The van der Waals surface area contributed by atoms with Crippen LogP contribution in [0.2, 0.25) is 0 Å². The van der Waals surface area contributed by atoms with E-state index in [9.17, 15) is 0 Å². The smallest absolute Gasteiger partial charge is 0.0554 e. The Hall–Kier alpha value is -6.52. The van der Waals surface area contributed by atoms with Crippen LogP contribution in [0.15, 0.2) is 200 Å². The maximum absolute atomic E-state index is 2.43. The molecule has 11 aromatic rings. The molecule has 0 radical (unpaired) electrons. The SMILES string of the molecule is c1cc(-c2ccc(N(c3ccc(-c4cccc5c4sc4ccccc45)cc3)c3cccc4sc5ccccc5c34)cc2)cc(-c2cccc3ccccc23)c1. The van der Waals surface area contributed by atoms with E-state index in [1.807, 2.05) is 22.7 Å². The average molecular weight is 736 g/mol. The van der Waals surface area contributed by atoms with Gasteiger partial charge < -0.3 is 4.90 Å². The van der Waals surface area contributed by atoms with Crippen molar-refractivity contribution in [2.45, 2.75) is 0 Å². The number of hydrogen-bond acceptors (Lipinski definition) is 3. The minimum Gasteiger partial charge on any atom is -0.310 e. The molecule has 0 atom stereocenters. The van der Waals surface area contributed by atoms with Gasteiger partial charge in [-0.1, -0.05) is 146 Å². The number of benzene rings is 9. The van der Waals surface area contributed by atoms with Crippen molar-refractivity contribution in [2.75, 3.05) is 4.90 Å². The zero-order valence-corrected chi connectivity index (χ0v) is 31.4. The van der Waals surface area contributed by atoms with E-state index in [1.54, 1.807) is 0 Å². The third-order valence-corrected chi connectivity index (χ3v) is 13.2. The van der Waals surface area contributed by atoms with Crippen LogP contribution in [0, 0.1) is 0 Å². The van der Waals surface area contributed by atoms with Crippen LogP contribution in [0.5, 0.6) is 0 Å². The summed E-state index contributed by atoms with van der Waals surface area (Å²) in [5.41, 5.74) is 10.8. The van der Waals surface area contributed by atoms with Crippen molar-refractivity contribution in [3.8, 4) is 33.4 Å². The molecule has 11 rings (SSSR count). The predicted molar refractivity (Wildman–Crippen MR) is 241 cm³/mol. The number of thiophene rings is 2. The molecule has 0 bridgehead atoms. The fourth-order valence-corrected chi connectivity index (χ4v) is 10.6. The summed E-state index contributed by atoms with van der Waals surface area (Å²) in [4.78, 5) is 2.43. The number of hydrogen-bond donors (Lipinski definition) is 0. The number of anilines is 3. The van der Waals surface area contributed by atoms with Crippen LogP contribution in [-0.4, -0.2) is 0 Å². The van der Waals surface area contributed by atoms with Crippen molar-refractivity contribution in [1.29, 1.82) is 0 Å². The molecule has 0 saturated heterocycles. The van der Waals surface area contributed by atoms with Gasteiger partial charge in [0.1, 0.15) is 0 Å². The van der Waals surface area contributed by atoms with E-state index in [1.165, 1.54) is 90.2 Å². The monoisotopic (exact) mass is 735 g/mol. The summed E-state index contributed by atoms with van der Waals surface area (Å²) in [6.45, 7) is 0. The van der Waals surface area contributed by atoms with Gasteiger partial charge in [-0.25, -0.2) is 0 Å². The van der Waals surface area contributed by atoms with Gasteiger partial charge in [-0.05, 0) is 98.8 Å². The van der Waals surface area contributed by atoms with Gasteiger partial charge in [0.05, 0.1) is 5.69 Å². The quantitative estimate of drug-likeness (QED) is 0.164. The van der Waals surface area contributed by atoms with Crippen LogP contribution in [0.3, 0.4) is 0 Å². The fraction of sp³-hybridized carbons (Fsp3) is 0. The molecule has 0 unspecified atom stereocenters. The lowest BCUT2D eigenvalue weighted by molar-refractivity contribution is 1.30. The fourth-order valence-electron chi connectivity index (χ4n) is 8.28. The molecule has 0 aliphatic carbocycles. The summed E-state index contributed by atoms with van der Waals surface area (Å²) in [6, 6.07) is 73.3. The van der Waals surface area contributed by atoms with Crippen molar-refractivity contribution in [3.63, 3.8) is 0 Å². The van der Waals surface area contributed by atoms with E-state index < -0.39 is 0 Å². The van der Waals surface area contributed by atoms with E-state index >= 15 is 0 Å². The Balaban J connectivity index is 1.02. The van der Waals surface area contributed by atoms with Gasteiger partial charge in [0.2, 0.25) is 0 Å². The van der Waals surface area contributed by atoms with Crippen LogP contribution in [0.1, 0.15) is 0 Å². The maximum atomic E-state index is 2.43. The first-order chi connectivity index (χ1) is 27.3. The van der Waals surface area contributed by atoms with E-state index in [4.69, 9.17) is 0 Å². The lowest BCUT2D eigenvalue weighted by Gasteiger charge is -2.27. The Kier molecular flexibility index (Phi) is 7.61. The Bertz CT molecular complexity index is 3200. The maximum Gasteiger partial charge on any atom is 0.0554 e. The molecule has 0 aliphatic heterocycles. The Morgan fingerprint density at radius 3 is 1.71 bits per heavy atom. The van der Waals surface area contributed by atoms with Crippen LogP contribution >= 0.6 is 22.7 Å². The van der Waals surface area contributed by atoms with Crippen LogP contribution in [-0.2, 0) is 0 Å². The van der Waals surface area contributed by atoms with Crippen molar-refractivity contribution in [3.05, 3.63) is 200 Å². The first-order valence-corrected chi connectivity index (χ1v) is 20.3. The van der Waals surface area contributed by atoms with Crippen LogP contribution < -0.4 is 4.90 Å². The molecule has 3 heteroatoms. The van der Waals surface area contributed by atoms with Gasteiger partial charge in [0.25, 0.3) is 0 Å². The first-order valence-electron chi connectivity index (χ1n) is 18.7. The summed E-state index contributed by atoms with van der Waals surface area (Å²) in [7, 11) is 0. The highest BCUT2D eigenvalue weighted by molar-refractivity contribution is 7.26. The number of nitrogens with zero attached hydrogens (tertiary/aromatic N) is 1. The number of rotatable bonds is 6. The molecule has 1 nitrogen and oxygen atoms in total. The summed E-state index contributed by atoms with van der Waals surface area (Å²) >= 11 is 3.74. The molecular weight excluding hydrogens is 703 g/mol. The molecule has 0 spiro atoms. The average Bonchev–Trinajstić information content (AvgIpc) is 3.83. The highest BCUT2D eigenvalue weighted by Crippen LogP contribution is 2.46. The van der Waals surface area contributed by atoms with Crippen LogP contribution in [0.4, 0.5) is 17.1 Å². The molecule has 258 valence electrons. The van der Waals surface area contributed by atoms with Crippen molar-refractivity contribution >= 4 is 90.9 Å². The topological polar surface area (TPSA) is 3.24 Å². The largest absolute Gasteiger partial charge is 0.310 e. The van der Waals surface area contributed by atoms with Crippen LogP contribution in [0.25, 0.3) is 84.5 Å². The Labute approximate surface area is 327 Å². The molecule has 2 heterocycles. The van der Waals surface area contributed by atoms with Gasteiger partial charge >= 0.3 is 0 Å². The first kappa shape index (κ1) is 32.0. The normalized spacial score (nSPS) is 11.6. The van der Waals surface area contributed by atoms with Gasteiger partial charge in [-0.3, -0.25) is 0 Å². The van der Waals surface area contributed by atoms with Gasteiger partial charge in [0.15, 0.2) is 0 Å².